The van der Waals surface area contributed by atoms with E-state index >= 15 is 0 Å². The highest BCUT2D eigenvalue weighted by molar-refractivity contribution is 7.09. The van der Waals surface area contributed by atoms with Crippen LogP contribution in [0.2, 0.25) is 0 Å². The van der Waals surface area contributed by atoms with E-state index in [2.05, 4.69) is 48.9 Å². The Hall–Kier alpha value is -0.610. The third-order valence-electron chi connectivity index (χ3n) is 2.68. The van der Waals surface area contributed by atoms with Crippen LogP contribution in [0.5, 0.6) is 0 Å². The van der Waals surface area contributed by atoms with Gasteiger partial charge in [-0.25, -0.2) is 0 Å². The quantitative estimate of drug-likeness (QED) is 0.477. The smallest absolute Gasteiger partial charge is 0.299 e. The number of aryl methyl sites for hydroxylation is 6. The minimum absolute atomic E-state index is 1.10. The molecule has 0 aliphatic rings. The molecule has 0 saturated carbocycles. The second-order valence-corrected chi connectivity index (χ2v) is 6.09. The molecule has 0 amide bonds. The predicted molar refractivity (Wildman–Crippen MR) is 86.4 cm³/mol. The zero-order valence-electron chi connectivity index (χ0n) is 13.4. The van der Waals surface area contributed by atoms with E-state index in [-0.39, 0.29) is 0 Å². The Kier molecular flexibility index (Phi) is 9.88. The molecule has 0 spiro atoms. The molecule has 2 rings (SSSR count). The summed E-state index contributed by atoms with van der Waals surface area (Å²) >= 11 is 2.04. The van der Waals surface area contributed by atoms with E-state index in [1.165, 1.54) is 24.2 Å². The van der Waals surface area contributed by atoms with Crippen LogP contribution in [-0.4, -0.2) is 9.97 Å². The van der Waals surface area contributed by atoms with E-state index in [4.69, 9.17) is 0 Å². The highest BCUT2D eigenvalue weighted by Crippen LogP contribution is 2.02. The summed E-state index contributed by atoms with van der Waals surface area (Å²) in [5.41, 5.74) is 7.11. The van der Waals surface area contributed by atoms with Gasteiger partial charge >= 0.3 is 0 Å². The molecule has 0 unspecified atom stereocenters. The van der Waals surface area contributed by atoms with Gasteiger partial charge in [0.1, 0.15) is 0 Å². The Morgan fingerprint density at radius 1 is 0.810 bits per heavy atom. The van der Waals surface area contributed by atoms with Crippen molar-refractivity contribution in [2.45, 2.75) is 41.5 Å². The Morgan fingerprint density at radius 2 is 1.24 bits per heavy atom. The Labute approximate surface area is 143 Å². The molecular weight excluding hydrogens is 397 g/mol. The molecule has 0 radical (unpaired) electrons. The monoisotopic (exact) mass is 420 g/mol. The summed E-state index contributed by atoms with van der Waals surface area (Å²) in [6.45, 7) is 12.3. The van der Waals surface area contributed by atoms with Gasteiger partial charge in [0.25, 0.3) is 22.6 Å². The van der Waals surface area contributed by atoms with Crippen molar-refractivity contribution in [1.82, 2.24) is 9.97 Å². The van der Waals surface area contributed by atoms with Crippen molar-refractivity contribution < 1.29 is 26.8 Å². The van der Waals surface area contributed by atoms with E-state index in [1.54, 1.807) is 0 Å². The Bertz CT molecular complexity index is 515. The number of halogens is 2. The summed E-state index contributed by atoms with van der Waals surface area (Å²) in [7, 11) is 1.47. The average molecular weight is 420 g/mol. The Balaban J connectivity index is 0.000000342. The van der Waals surface area contributed by atoms with Crippen LogP contribution in [0.1, 0.15) is 33.9 Å². The summed E-state index contributed by atoms with van der Waals surface area (Å²) in [6, 6.07) is 6.27. The maximum absolute atomic E-state index is 9.31. The van der Waals surface area contributed by atoms with Crippen molar-refractivity contribution in [3.63, 3.8) is 0 Å². The van der Waals surface area contributed by atoms with Crippen LogP contribution >= 0.6 is 9.55 Å². The number of nitrogens with zero attached hydrogens (tertiary/aromatic N) is 2. The van der Waals surface area contributed by atoms with Gasteiger partial charge in [-0.3, -0.25) is 9.97 Å². The number of pyridine rings is 2. The van der Waals surface area contributed by atoms with E-state index in [0.717, 1.165) is 22.8 Å². The molecular formula is C16H23FIN2P. The molecule has 0 fully saturated rings. The van der Waals surface area contributed by atoms with Crippen LogP contribution < -0.4 is 22.6 Å². The number of hydrogen-bond donors (Lipinski definition) is 0. The molecule has 116 valence electrons. The van der Waals surface area contributed by atoms with Crippen molar-refractivity contribution in [3.05, 3.63) is 55.7 Å². The fourth-order valence-corrected chi connectivity index (χ4v) is 2.35. The van der Waals surface area contributed by atoms with Crippen LogP contribution in [0.3, 0.4) is 0 Å². The van der Waals surface area contributed by atoms with Crippen molar-refractivity contribution in [3.8, 4) is 0 Å². The van der Waals surface area contributed by atoms with E-state index in [0.29, 0.717) is 0 Å². The molecule has 0 aliphatic heterocycles. The van der Waals surface area contributed by atoms with Gasteiger partial charge in [0.15, 0.2) is 0 Å². The van der Waals surface area contributed by atoms with Gasteiger partial charge in [0, 0.05) is 22.6 Å². The summed E-state index contributed by atoms with van der Waals surface area (Å²) in [5, 5.41) is 0. The SMILES string of the molecule is Cc1cc(C)c([IH+])c(C)n1.Cc1cc(C)nc(C)c1.F[PH-]. The maximum Gasteiger partial charge on any atom is 0.299 e. The van der Waals surface area contributed by atoms with Gasteiger partial charge in [-0.2, -0.15) is 0 Å². The van der Waals surface area contributed by atoms with E-state index in [1.807, 2.05) is 43.4 Å². The molecule has 0 aliphatic carbocycles. The first-order valence-corrected chi connectivity index (χ1v) is 8.06. The van der Waals surface area contributed by atoms with Crippen molar-refractivity contribution in [2.75, 3.05) is 0 Å². The van der Waals surface area contributed by atoms with Crippen LogP contribution in [0.15, 0.2) is 18.2 Å². The van der Waals surface area contributed by atoms with Crippen molar-refractivity contribution in [2.24, 2.45) is 0 Å². The highest BCUT2D eigenvalue weighted by atomic mass is 127. The van der Waals surface area contributed by atoms with E-state index in [9.17, 15) is 4.20 Å². The first-order chi connectivity index (χ1) is 9.79. The highest BCUT2D eigenvalue weighted by Gasteiger charge is 2.07. The Morgan fingerprint density at radius 3 is 1.62 bits per heavy atom. The van der Waals surface area contributed by atoms with Gasteiger partial charge in [0.05, 0.1) is 5.69 Å². The first-order valence-electron chi connectivity index (χ1n) is 6.52. The van der Waals surface area contributed by atoms with Crippen LogP contribution in [0.4, 0.5) is 4.20 Å². The molecule has 0 bridgehead atoms. The zero-order chi connectivity index (χ0) is 16.6. The lowest BCUT2D eigenvalue weighted by Gasteiger charge is -1.96. The van der Waals surface area contributed by atoms with E-state index < -0.39 is 0 Å². The molecule has 21 heavy (non-hydrogen) atoms. The lowest BCUT2D eigenvalue weighted by atomic mass is 10.2. The molecule has 5 heteroatoms. The maximum atomic E-state index is 9.31. The summed E-state index contributed by atoms with van der Waals surface area (Å²) in [5.74, 6) is 0. The molecule has 2 aromatic heterocycles. The van der Waals surface area contributed by atoms with Crippen LogP contribution in [0, 0.1) is 45.1 Å². The minimum atomic E-state index is 1.10. The second kappa shape index (κ2) is 10.2. The van der Waals surface area contributed by atoms with Crippen LogP contribution in [0.25, 0.3) is 0 Å². The molecule has 2 nitrogen and oxygen atoms in total. The van der Waals surface area contributed by atoms with Gasteiger partial charge < -0.3 is 13.7 Å². The number of aromatic nitrogens is 2. The molecule has 0 atom stereocenters. The number of hydrogen-bond acceptors (Lipinski definition) is 2. The molecule has 0 N–H and O–H groups in total. The lowest BCUT2D eigenvalue weighted by Crippen LogP contribution is -3.34. The van der Waals surface area contributed by atoms with Gasteiger partial charge in [-0.15, -0.1) is 0 Å². The summed E-state index contributed by atoms with van der Waals surface area (Å²) in [6.07, 6.45) is 0. The average Bonchev–Trinajstić information content (AvgIpc) is 2.37. The minimum Gasteiger partial charge on any atom is -0.471 e. The fourth-order valence-electron chi connectivity index (χ4n) is 2.06. The lowest BCUT2D eigenvalue weighted by molar-refractivity contribution is -0.331. The third-order valence-corrected chi connectivity index (χ3v) is 4.44. The van der Waals surface area contributed by atoms with Gasteiger partial charge in [-0.05, 0) is 65.3 Å². The predicted octanol–water partition coefficient (Wildman–Crippen LogP) is 1.48. The van der Waals surface area contributed by atoms with Crippen LogP contribution in [-0.2, 0) is 0 Å². The van der Waals surface area contributed by atoms with Gasteiger partial charge in [-0.1, -0.05) is 0 Å². The molecule has 2 aromatic rings. The number of rotatable bonds is 0. The standard InChI is InChI=1S/C8H11IN.C8H11N.FHP/c1-5-4-6(2)10-7(3)8(5)9;1-6-4-7(2)9-8(3)5-6;1-2/h4,9H,1-3H3;4-5H,1-3H3;2H/q+1;;-1. The fraction of sp³-hybridized carbons (Fsp3) is 0.375. The molecule has 2 heterocycles. The topological polar surface area (TPSA) is 25.8 Å². The summed E-state index contributed by atoms with van der Waals surface area (Å²) in [4.78, 5) is 8.57. The largest absolute Gasteiger partial charge is 0.471 e. The first kappa shape index (κ1) is 20.4. The normalized spacial score (nSPS) is 9.19. The van der Waals surface area contributed by atoms with Crippen molar-refractivity contribution >= 4 is 9.55 Å². The van der Waals surface area contributed by atoms with Crippen molar-refractivity contribution in [1.29, 1.82) is 0 Å². The van der Waals surface area contributed by atoms with Gasteiger partial charge in [0.2, 0.25) is 3.57 Å². The molecule has 0 saturated heterocycles. The second-order valence-electron chi connectivity index (χ2n) is 4.92. The third kappa shape index (κ3) is 7.82. The zero-order valence-corrected chi connectivity index (χ0v) is 16.7. The molecule has 0 aromatic carbocycles. The summed E-state index contributed by atoms with van der Waals surface area (Å²) < 4.78 is 10.6.